The van der Waals surface area contributed by atoms with E-state index in [1.165, 1.54) is 16.7 Å². The van der Waals surface area contributed by atoms with Gasteiger partial charge in [0.1, 0.15) is 12.4 Å². The van der Waals surface area contributed by atoms with Crippen LogP contribution in [0.3, 0.4) is 0 Å². The predicted octanol–water partition coefficient (Wildman–Crippen LogP) is 5.62. The van der Waals surface area contributed by atoms with Crippen molar-refractivity contribution in [2.45, 2.75) is 26.7 Å². The monoisotopic (exact) mass is 430 g/mol. The minimum atomic E-state index is -0.401. The van der Waals surface area contributed by atoms with Crippen LogP contribution in [-0.4, -0.2) is 30.9 Å². The van der Waals surface area contributed by atoms with Crippen molar-refractivity contribution < 1.29 is 19.4 Å². The largest absolute Gasteiger partial charge is 0.491 e. The van der Waals surface area contributed by atoms with E-state index in [1.54, 1.807) is 6.92 Å². The van der Waals surface area contributed by atoms with Gasteiger partial charge in [-0.15, -0.1) is 0 Å². The van der Waals surface area contributed by atoms with Gasteiger partial charge >= 0.3 is 5.97 Å². The summed E-state index contributed by atoms with van der Waals surface area (Å²) in [6.45, 7) is 7.78. The molecule has 0 amide bonds. The first-order valence-corrected chi connectivity index (χ1v) is 10.9. The first-order valence-electron chi connectivity index (χ1n) is 10.9. The molecular formula is C28H30O4. The normalized spacial score (nSPS) is 10.6. The topological polar surface area (TPSA) is 55.8 Å². The molecule has 4 heteroatoms. The lowest BCUT2D eigenvalue weighted by Crippen LogP contribution is -2.10. The smallest absolute Gasteiger partial charge is 0.333 e. The lowest BCUT2D eigenvalue weighted by atomic mass is 9.95. The van der Waals surface area contributed by atoms with Gasteiger partial charge in [-0.2, -0.15) is 0 Å². The summed E-state index contributed by atoms with van der Waals surface area (Å²) in [6.07, 6.45) is 1.50. The molecule has 0 saturated heterocycles. The number of aliphatic hydroxyl groups excluding tert-OH is 1. The summed E-state index contributed by atoms with van der Waals surface area (Å²) < 4.78 is 10.9. The van der Waals surface area contributed by atoms with E-state index < -0.39 is 5.97 Å². The van der Waals surface area contributed by atoms with Crippen LogP contribution in [0.2, 0.25) is 0 Å². The Morgan fingerprint density at radius 3 is 2.28 bits per heavy atom. The lowest BCUT2D eigenvalue weighted by Gasteiger charge is -2.14. The van der Waals surface area contributed by atoms with Gasteiger partial charge in [-0.25, -0.2) is 4.79 Å². The lowest BCUT2D eigenvalue weighted by molar-refractivity contribution is -0.138. The van der Waals surface area contributed by atoms with Crippen LogP contribution in [0.4, 0.5) is 0 Å². The highest BCUT2D eigenvalue weighted by Crippen LogP contribution is 2.30. The van der Waals surface area contributed by atoms with Crippen molar-refractivity contribution in [1.29, 1.82) is 0 Å². The minimum absolute atomic E-state index is 0.0630. The Hall–Kier alpha value is -3.37. The van der Waals surface area contributed by atoms with Crippen LogP contribution in [0.15, 0.2) is 78.9 Å². The number of esters is 1. The number of hydrogen-bond donors (Lipinski definition) is 1. The zero-order valence-corrected chi connectivity index (χ0v) is 18.8. The van der Waals surface area contributed by atoms with Crippen molar-refractivity contribution >= 4 is 5.97 Å². The summed E-state index contributed by atoms with van der Waals surface area (Å²) in [4.78, 5) is 11.7. The average Bonchev–Trinajstić information content (AvgIpc) is 2.83. The van der Waals surface area contributed by atoms with E-state index in [9.17, 15) is 4.79 Å². The van der Waals surface area contributed by atoms with Gasteiger partial charge in [0.25, 0.3) is 0 Å². The third kappa shape index (κ3) is 5.86. The molecule has 4 nitrogen and oxygen atoms in total. The van der Waals surface area contributed by atoms with E-state index in [1.807, 2.05) is 12.1 Å². The second-order valence-electron chi connectivity index (χ2n) is 7.65. The maximum Gasteiger partial charge on any atom is 0.333 e. The molecule has 0 radical (unpaired) electrons. The van der Waals surface area contributed by atoms with Crippen molar-refractivity contribution in [3.05, 3.63) is 90.0 Å². The van der Waals surface area contributed by atoms with Crippen LogP contribution in [0.25, 0.3) is 22.3 Å². The second-order valence-corrected chi connectivity index (χ2v) is 7.65. The molecule has 3 aromatic carbocycles. The maximum atomic E-state index is 11.7. The molecule has 166 valence electrons. The van der Waals surface area contributed by atoms with Crippen molar-refractivity contribution in [2.24, 2.45) is 0 Å². The SMILES string of the molecule is C=C(C)C(=O)OCCc1cc(-c2ccc(-c3ccccc3CC)cc2)ccc1OCCO. The summed E-state index contributed by atoms with van der Waals surface area (Å²) in [5.74, 6) is 0.282. The molecule has 3 aromatic rings. The molecule has 32 heavy (non-hydrogen) atoms. The molecule has 0 heterocycles. The van der Waals surface area contributed by atoms with Gasteiger partial charge < -0.3 is 14.6 Å². The van der Waals surface area contributed by atoms with Gasteiger partial charge in [0.15, 0.2) is 0 Å². The molecule has 0 saturated carbocycles. The molecule has 1 N–H and O–H groups in total. The number of aryl methyl sites for hydroxylation is 1. The number of benzene rings is 3. The van der Waals surface area contributed by atoms with Gasteiger partial charge in [-0.05, 0) is 58.9 Å². The summed E-state index contributed by atoms with van der Waals surface area (Å²) in [5, 5.41) is 9.11. The van der Waals surface area contributed by atoms with Crippen LogP contribution < -0.4 is 4.74 Å². The number of carbonyl (C=O) groups excluding carboxylic acids is 1. The number of rotatable bonds is 10. The Bertz CT molecular complexity index is 1070. The number of carbonyl (C=O) groups is 1. The fraction of sp³-hybridized carbons (Fsp3) is 0.250. The maximum absolute atomic E-state index is 11.7. The zero-order valence-electron chi connectivity index (χ0n) is 18.8. The third-order valence-corrected chi connectivity index (χ3v) is 5.29. The Morgan fingerprint density at radius 2 is 1.59 bits per heavy atom. The van der Waals surface area contributed by atoms with Crippen molar-refractivity contribution in [3.63, 3.8) is 0 Å². The second kappa shape index (κ2) is 11.3. The van der Waals surface area contributed by atoms with Gasteiger partial charge in [0.2, 0.25) is 0 Å². The minimum Gasteiger partial charge on any atom is -0.491 e. The van der Waals surface area contributed by atoms with Gasteiger partial charge in [-0.1, -0.05) is 68.1 Å². The number of hydrogen-bond acceptors (Lipinski definition) is 4. The first kappa shape index (κ1) is 23.3. The molecule has 0 fully saturated rings. The van der Waals surface area contributed by atoms with E-state index in [0.29, 0.717) is 17.7 Å². The molecule has 0 aliphatic heterocycles. The summed E-state index contributed by atoms with van der Waals surface area (Å²) in [6, 6.07) is 23.0. The molecule has 0 unspecified atom stereocenters. The van der Waals surface area contributed by atoms with E-state index >= 15 is 0 Å². The molecule has 0 bridgehead atoms. The van der Waals surface area contributed by atoms with Crippen molar-refractivity contribution in [3.8, 4) is 28.0 Å². The van der Waals surface area contributed by atoms with Crippen molar-refractivity contribution in [1.82, 2.24) is 0 Å². The zero-order chi connectivity index (χ0) is 22.9. The fourth-order valence-corrected chi connectivity index (χ4v) is 3.58. The first-order chi connectivity index (χ1) is 15.5. The molecule has 0 aliphatic rings. The Balaban J connectivity index is 1.83. The third-order valence-electron chi connectivity index (χ3n) is 5.29. The van der Waals surface area contributed by atoms with Gasteiger partial charge in [0.05, 0.1) is 13.2 Å². The Labute approximate surface area is 190 Å². The molecular weight excluding hydrogens is 400 g/mol. The standard InChI is InChI=1S/C28H30O4/c1-4-21-7-5-6-8-26(21)23-11-9-22(10-12-23)24-13-14-27(31-18-16-29)25(19-24)15-17-32-28(30)20(2)3/h5-14,19,29H,2,4,15-18H2,1,3H3. The number of aliphatic hydroxyl groups is 1. The van der Waals surface area contributed by atoms with Crippen LogP contribution >= 0.6 is 0 Å². The van der Waals surface area contributed by atoms with Gasteiger partial charge in [-0.3, -0.25) is 0 Å². The molecule has 0 atom stereocenters. The van der Waals surface area contributed by atoms with E-state index in [0.717, 1.165) is 23.1 Å². The quantitative estimate of drug-likeness (QED) is 0.335. The highest BCUT2D eigenvalue weighted by atomic mass is 16.5. The Morgan fingerprint density at radius 1 is 0.906 bits per heavy atom. The van der Waals surface area contributed by atoms with Crippen LogP contribution in [0, 0.1) is 0 Å². The van der Waals surface area contributed by atoms with Crippen LogP contribution in [0.1, 0.15) is 25.0 Å². The van der Waals surface area contributed by atoms with Crippen LogP contribution in [-0.2, 0) is 22.4 Å². The van der Waals surface area contributed by atoms with E-state index in [2.05, 4.69) is 68.1 Å². The number of ether oxygens (including phenoxy) is 2. The predicted molar refractivity (Wildman–Crippen MR) is 129 cm³/mol. The molecule has 3 rings (SSSR count). The summed E-state index contributed by atoms with van der Waals surface area (Å²) in [7, 11) is 0. The Kier molecular flexibility index (Phi) is 8.23. The molecule has 0 aliphatic carbocycles. The highest BCUT2D eigenvalue weighted by Gasteiger charge is 2.10. The fourth-order valence-electron chi connectivity index (χ4n) is 3.58. The van der Waals surface area contributed by atoms with Gasteiger partial charge in [0, 0.05) is 12.0 Å². The van der Waals surface area contributed by atoms with E-state index in [-0.39, 0.29) is 19.8 Å². The highest BCUT2D eigenvalue weighted by molar-refractivity contribution is 5.86. The summed E-state index contributed by atoms with van der Waals surface area (Å²) in [5.41, 5.74) is 7.23. The van der Waals surface area contributed by atoms with Crippen molar-refractivity contribution in [2.75, 3.05) is 19.8 Å². The molecule has 0 spiro atoms. The average molecular weight is 431 g/mol. The summed E-state index contributed by atoms with van der Waals surface area (Å²) >= 11 is 0. The molecule has 0 aromatic heterocycles. The van der Waals surface area contributed by atoms with E-state index in [4.69, 9.17) is 14.6 Å². The van der Waals surface area contributed by atoms with Crippen LogP contribution in [0.5, 0.6) is 5.75 Å².